The highest BCUT2D eigenvalue weighted by Gasteiger charge is 2.18. The molecule has 2 aromatic rings. The summed E-state index contributed by atoms with van der Waals surface area (Å²) in [5.74, 6) is -1.64. The van der Waals surface area contributed by atoms with Gasteiger partial charge in [0.15, 0.2) is 18.5 Å². The summed E-state index contributed by atoms with van der Waals surface area (Å²) >= 11 is 5.62. The predicted octanol–water partition coefficient (Wildman–Crippen LogP) is 3.15. The predicted molar refractivity (Wildman–Crippen MR) is 88.8 cm³/mol. The number of rotatable bonds is 7. The van der Waals surface area contributed by atoms with Crippen LogP contribution in [0.4, 0.5) is 4.39 Å². The number of halogens is 2. The monoisotopic (exact) mass is 383 g/mol. The summed E-state index contributed by atoms with van der Waals surface area (Å²) in [5.41, 5.74) is 0. The average Bonchev–Trinajstić information content (AvgIpc) is 2.63. The van der Waals surface area contributed by atoms with E-state index in [1.54, 1.807) is 0 Å². The first kappa shape index (κ1) is 19.5. The van der Waals surface area contributed by atoms with E-state index in [4.69, 9.17) is 25.8 Å². The molecule has 0 radical (unpaired) electrons. The van der Waals surface area contributed by atoms with Crippen molar-refractivity contribution in [1.29, 1.82) is 0 Å². The highest BCUT2D eigenvalue weighted by Crippen LogP contribution is 2.26. The van der Waals surface area contributed by atoms with Crippen molar-refractivity contribution in [2.45, 2.75) is 13.0 Å². The molecule has 0 bridgehead atoms. The van der Waals surface area contributed by atoms with E-state index < -0.39 is 30.5 Å². The lowest BCUT2D eigenvalue weighted by Gasteiger charge is -2.14. The Kier molecular flexibility index (Phi) is 6.74. The van der Waals surface area contributed by atoms with Crippen molar-refractivity contribution in [3.05, 3.63) is 47.4 Å². The molecule has 1 heterocycles. The molecule has 0 unspecified atom stereocenters. The highest BCUT2D eigenvalue weighted by atomic mass is 35.5. The summed E-state index contributed by atoms with van der Waals surface area (Å²) in [6.45, 7) is 0.979. The van der Waals surface area contributed by atoms with Crippen LogP contribution in [0.1, 0.15) is 6.92 Å². The number of esters is 2. The number of nitrogens with zero attached hydrogens (tertiary/aromatic N) is 1. The number of methoxy groups -OCH3 is 1. The number of carbonyl (C=O) groups excluding carboxylic acids is 2. The van der Waals surface area contributed by atoms with Gasteiger partial charge in [-0.2, -0.15) is 0 Å². The second kappa shape index (κ2) is 9.00. The third kappa shape index (κ3) is 5.59. The van der Waals surface area contributed by atoms with Gasteiger partial charge in [-0.25, -0.2) is 19.0 Å². The molecule has 0 spiro atoms. The van der Waals surface area contributed by atoms with Crippen LogP contribution in [0.25, 0.3) is 0 Å². The smallest absolute Gasteiger partial charge is 0.347 e. The van der Waals surface area contributed by atoms with Crippen molar-refractivity contribution in [3.8, 4) is 17.4 Å². The molecular weight excluding hydrogens is 369 g/mol. The quantitative estimate of drug-likeness (QED) is 0.679. The minimum atomic E-state index is -0.943. The van der Waals surface area contributed by atoms with E-state index in [1.807, 2.05) is 0 Å². The molecule has 0 fully saturated rings. The van der Waals surface area contributed by atoms with Crippen molar-refractivity contribution in [2.24, 2.45) is 0 Å². The van der Waals surface area contributed by atoms with Crippen LogP contribution >= 0.6 is 11.6 Å². The standard InChI is InChI=1S/C17H15ClFNO6/c1-10(17(22)24-9-15(21)23-2)25-12-3-5-13(6-4-12)26-16-14(19)7-11(18)8-20-16/h3-8,10H,9H2,1-2H3/t10-/m1/s1. The lowest BCUT2D eigenvalue weighted by molar-refractivity contribution is -0.161. The van der Waals surface area contributed by atoms with Gasteiger partial charge in [-0.3, -0.25) is 0 Å². The Labute approximate surface area is 153 Å². The molecular formula is C17H15ClFNO6. The molecule has 0 aliphatic rings. The molecule has 0 aliphatic carbocycles. The number of aromatic nitrogens is 1. The second-order valence-corrected chi connectivity index (χ2v) is 5.39. The van der Waals surface area contributed by atoms with Crippen LogP contribution in [0.15, 0.2) is 36.5 Å². The molecule has 1 aromatic heterocycles. The lowest BCUT2D eigenvalue weighted by atomic mass is 10.3. The molecule has 2 rings (SSSR count). The minimum absolute atomic E-state index is 0.159. The second-order valence-electron chi connectivity index (χ2n) is 4.96. The number of hydrogen-bond acceptors (Lipinski definition) is 7. The maximum Gasteiger partial charge on any atom is 0.347 e. The van der Waals surface area contributed by atoms with E-state index in [0.717, 1.165) is 6.07 Å². The Balaban J connectivity index is 1.92. The molecule has 0 saturated heterocycles. The van der Waals surface area contributed by atoms with Crippen LogP contribution in [0, 0.1) is 5.82 Å². The topological polar surface area (TPSA) is 84.0 Å². The molecule has 0 aliphatic heterocycles. The minimum Gasteiger partial charge on any atom is -0.479 e. The van der Waals surface area contributed by atoms with Gasteiger partial charge in [-0.15, -0.1) is 0 Å². The first-order chi connectivity index (χ1) is 12.4. The zero-order chi connectivity index (χ0) is 19.1. The molecule has 26 heavy (non-hydrogen) atoms. The van der Waals surface area contributed by atoms with E-state index in [2.05, 4.69) is 9.72 Å². The molecule has 0 saturated carbocycles. The van der Waals surface area contributed by atoms with Crippen LogP contribution < -0.4 is 9.47 Å². The summed E-state index contributed by atoms with van der Waals surface area (Å²) < 4.78 is 33.4. The first-order valence-electron chi connectivity index (χ1n) is 7.38. The molecule has 1 aromatic carbocycles. The highest BCUT2D eigenvalue weighted by molar-refractivity contribution is 6.30. The van der Waals surface area contributed by atoms with Gasteiger partial charge in [0.2, 0.25) is 0 Å². The van der Waals surface area contributed by atoms with Gasteiger partial charge in [-0.1, -0.05) is 11.6 Å². The summed E-state index contributed by atoms with van der Waals surface area (Å²) in [5, 5.41) is 0.159. The van der Waals surface area contributed by atoms with Gasteiger partial charge < -0.3 is 18.9 Å². The summed E-state index contributed by atoms with van der Waals surface area (Å²) in [7, 11) is 1.19. The van der Waals surface area contributed by atoms with Crippen LogP contribution in [0.3, 0.4) is 0 Å². The Hall–Kier alpha value is -2.87. The fraction of sp³-hybridized carbons (Fsp3) is 0.235. The normalized spacial score (nSPS) is 11.4. The Morgan fingerprint density at radius 3 is 2.50 bits per heavy atom. The van der Waals surface area contributed by atoms with Crippen molar-refractivity contribution in [3.63, 3.8) is 0 Å². The van der Waals surface area contributed by atoms with E-state index in [1.165, 1.54) is 44.5 Å². The van der Waals surface area contributed by atoms with E-state index >= 15 is 0 Å². The fourth-order valence-electron chi connectivity index (χ4n) is 1.73. The Morgan fingerprint density at radius 1 is 1.23 bits per heavy atom. The largest absolute Gasteiger partial charge is 0.479 e. The molecule has 138 valence electrons. The van der Waals surface area contributed by atoms with Gasteiger partial charge in [0.05, 0.1) is 12.1 Å². The molecule has 0 N–H and O–H groups in total. The third-order valence-corrected chi connectivity index (χ3v) is 3.22. The first-order valence-corrected chi connectivity index (χ1v) is 7.76. The fourth-order valence-corrected chi connectivity index (χ4v) is 1.88. The van der Waals surface area contributed by atoms with Crippen molar-refractivity contribution >= 4 is 23.5 Å². The third-order valence-electron chi connectivity index (χ3n) is 3.02. The lowest BCUT2D eigenvalue weighted by Crippen LogP contribution is -2.28. The maximum absolute atomic E-state index is 13.7. The Bertz CT molecular complexity index is 783. The van der Waals surface area contributed by atoms with E-state index in [9.17, 15) is 14.0 Å². The van der Waals surface area contributed by atoms with Gasteiger partial charge in [0.1, 0.15) is 11.5 Å². The van der Waals surface area contributed by atoms with Crippen molar-refractivity contribution in [2.75, 3.05) is 13.7 Å². The summed E-state index contributed by atoms with van der Waals surface area (Å²) in [4.78, 5) is 26.4. The van der Waals surface area contributed by atoms with Gasteiger partial charge >= 0.3 is 11.9 Å². The zero-order valence-electron chi connectivity index (χ0n) is 13.9. The van der Waals surface area contributed by atoms with E-state index in [0.29, 0.717) is 11.5 Å². The molecule has 9 heteroatoms. The summed E-state index contributed by atoms with van der Waals surface area (Å²) in [6, 6.07) is 7.15. The van der Waals surface area contributed by atoms with Crippen molar-refractivity contribution < 1.29 is 32.9 Å². The van der Waals surface area contributed by atoms with Gasteiger partial charge in [0.25, 0.3) is 5.88 Å². The Morgan fingerprint density at radius 2 is 1.88 bits per heavy atom. The zero-order valence-corrected chi connectivity index (χ0v) is 14.7. The van der Waals surface area contributed by atoms with E-state index in [-0.39, 0.29) is 10.9 Å². The molecule has 1 atom stereocenters. The van der Waals surface area contributed by atoms with Crippen LogP contribution in [-0.4, -0.2) is 36.7 Å². The van der Waals surface area contributed by atoms with Gasteiger partial charge in [0, 0.05) is 6.20 Å². The number of benzene rings is 1. The van der Waals surface area contributed by atoms with Crippen LogP contribution in [0.5, 0.6) is 17.4 Å². The number of ether oxygens (including phenoxy) is 4. The molecule has 7 nitrogen and oxygen atoms in total. The number of carbonyl (C=O) groups is 2. The number of pyridine rings is 1. The van der Waals surface area contributed by atoms with Crippen molar-refractivity contribution in [1.82, 2.24) is 4.98 Å². The maximum atomic E-state index is 13.7. The number of hydrogen-bond donors (Lipinski definition) is 0. The van der Waals surface area contributed by atoms with Crippen LogP contribution in [0.2, 0.25) is 5.02 Å². The SMILES string of the molecule is COC(=O)COC(=O)[C@@H](C)Oc1ccc(Oc2ncc(Cl)cc2F)cc1. The average molecular weight is 384 g/mol. The summed E-state index contributed by atoms with van der Waals surface area (Å²) in [6.07, 6.45) is 0.320. The molecule has 0 amide bonds. The van der Waals surface area contributed by atoms with Crippen LogP contribution in [-0.2, 0) is 19.1 Å². The van der Waals surface area contributed by atoms with Gasteiger partial charge in [-0.05, 0) is 37.3 Å².